The Morgan fingerprint density at radius 3 is 2.38 bits per heavy atom. The molecular weight excluding hydrogens is 304 g/mol. The Labute approximate surface area is 146 Å². The van der Waals surface area contributed by atoms with Crippen LogP contribution in [-0.4, -0.2) is 75.2 Å². The zero-order chi connectivity index (χ0) is 17.4. The quantitative estimate of drug-likeness (QED) is 0.468. The highest BCUT2D eigenvalue weighted by atomic mass is 16.5. The van der Waals surface area contributed by atoms with E-state index in [0.29, 0.717) is 0 Å². The van der Waals surface area contributed by atoms with Gasteiger partial charge in [-0.25, -0.2) is 0 Å². The summed E-state index contributed by atoms with van der Waals surface area (Å²) in [6.07, 6.45) is 5.49. The lowest BCUT2D eigenvalue weighted by Gasteiger charge is -2.35. The van der Waals surface area contributed by atoms with Crippen LogP contribution in [0.15, 0.2) is 4.99 Å². The van der Waals surface area contributed by atoms with Crippen molar-refractivity contribution in [2.24, 2.45) is 16.8 Å². The molecule has 0 aliphatic carbocycles. The summed E-state index contributed by atoms with van der Waals surface area (Å²) in [6.45, 7) is 8.68. The molecule has 2 saturated heterocycles. The SMILES string of the molecule is CCCN1CCC(CNC(=NC)N2CCC(C(=O)OC)CC2)CC1. The Balaban J connectivity index is 1.71. The summed E-state index contributed by atoms with van der Waals surface area (Å²) in [5.74, 6) is 1.69. The zero-order valence-corrected chi connectivity index (χ0v) is 15.6. The highest BCUT2D eigenvalue weighted by molar-refractivity contribution is 5.80. The van der Waals surface area contributed by atoms with E-state index in [9.17, 15) is 4.79 Å². The summed E-state index contributed by atoms with van der Waals surface area (Å²) in [5, 5.41) is 3.55. The molecule has 0 unspecified atom stereocenters. The maximum absolute atomic E-state index is 11.6. The first-order valence-corrected chi connectivity index (χ1v) is 9.43. The molecule has 2 aliphatic heterocycles. The van der Waals surface area contributed by atoms with E-state index in [0.717, 1.165) is 44.4 Å². The molecule has 0 atom stereocenters. The Morgan fingerprint density at radius 2 is 1.83 bits per heavy atom. The zero-order valence-electron chi connectivity index (χ0n) is 15.6. The van der Waals surface area contributed by atoms with Crippen LogP contribution in [0.5, 0.6) is 0 Å². The number of aliphatic imine (C=N–C) groups is 1. The molecule has 0 amide bonds. The van der Waals surface area contributed by atoms with Crippen LogP contribution in [0.4, 0.5) is 0 Å². The average Bonchev–Trinajstić information content (AvgIpc) is 2.63. The van der Waals surface area contributed by atoms with E-state index in [1.165, 1.54) is 46.0 Å². The predicted molar refractivity (Wildman–Crippen MR) is 97.1 cm³/mol. The van der Waals surface area contributed by atoms with E-state index in [4.69, 9.17) is 4.74 Å². The van der Waals surface area contributed by atoms with Crippen molar-refractivity contribution in [3.05, 3.63) is 0 Å². The lowest BCUT2D eigenvalue weighted by Crippen LogP contribution is -2.48. The molecule has 0 bridgehead atoms. The van der Waals surface area contributed by atoms with Crippen LogP contribution < -0.4 is 5.32 Å². The Kier molecular flexibility index (Phi) is 7.82. The number of likely N-dealkylation sites (tertiary alicyclic amines) is 2. The molecule has 0 spiro atoms. The van der Waals surface area contributed by atoms with Gasteiger partial charge in [0.2, 0.25) is 0 Å². The van der Waals surface area contributed by atoms with Crippen molar-refractivity contribution in [3.63, 3.8) is 0 Å². The number of guanidine groups is 1. The molecule has 2 rings (SSSR count). The van der Waals surface area contributed by atoms with Crippen LogP contribution in [0, 0.1) is 11.8 Å². The smallest absolute Gasteiger partial charge is 0.308 e. The fraction of sp³-hybridized carbons (Fsp3) is 0.889. The highest BCUT2D eigenvalue weighted by Gasteiger charge is 2.27. The standard InChI is InChI=1S/C18H34N4O2/c1-4-9-21-10-5-15(6-11-21)14-20-18(19-2)22-12-7-16(8-13-22)17(23)24-3/h15-16H,4-14H2,1-3H3,(H,19,20). The maximum Gasteiger partial charge on any atom is 0.308 e. The van der Waals surface area contributed by atoms with Crippen LogP contribution in [0.2, 0.25) is 0 Å². The third-order valence-electron chi connectivity index (χ3n) is 5.34. The van der Waals surface area contributed by atoms with Gasteiger partial charge in [-0.1, -0.05) is 6.92 Å². The van der Waals surface area contributed by atoms with Gasteiger partial charge in [0.25, 0.3) is 0 Å². The monoisotopic (exact) mass is 338 g/mol. The highest BCUT2D eigenvalue weighted by Crippen LogP contribution is 2.19. The van der Waals surface area contributed by atoms with Gasteiger partial charge >= 0.3 is 5.97 Å². The number of hydrogen-bond donors (Lipinski definition) is 1. The molecule has 24 heavy (non-hydrogen) atoms. The molecule has 0 aromatic rings. The lowest BCUT2D eigenvalue weighted by atomic mass is 9.96. The van der Waals surface area contributed by atoms with Gasteiger partial charge in [0, 0.05) is 26.7 Å². The Hall–Kier alpha value is -1.30. The molecule has 138 valence electrons. The third kappa shape index (κ3) is 5.36. The van der Waals surface area contributed by atoms with E-state index in [-0.39, 0.29) is 11.9 Å². The number of methoxy groups -OCH3 is 1. The van der Waals surface area contributed by atoms with E-state index >= 15 is 0 Å². The Morgan fingerprint density at radius 1 is 1.17 bits per heavy atom. The number of esters is 1. The first-order chi connectivity index (χ1) is 11.7. The van der Waals surface area contributed by atoms with Gasteiger partial charge in [-0.15, -0.1) is 0 Å². The second-order valence-corrected chi connectivity index (χ2v) is 7.00. The third-order valence-corrected chi connectivity index (χ3v) is 5.34. The second-order valence-electron chi connectivity index (χ2n) is 7.00. The Bertz CT molecular complexity index is 411. The van der Waals surface area contributed by atoms with Gasteiger partial charge in [-0.3, -0.25) is 9.79 Å². The molecular formula is C18H34N4O2. The first-order valence-electron chi connectivity index (χ1n) is 9.43. The summed E-state index contributed by atoms with van der Waals surface area (Å²) in [4.78, 5) is 20.9. The number of nitrogens with one attached hydrogen (secondary N) is 1. The van der Waals surface area contributed by atoms with Crippen LogP contribution >= 0.6 is 0 Å². The number of carbonyl (C=O) groups is 1. The van der Waals surface area contributed by atoms with Crippen molar-refractivity contribution in [2.75, 3.05) is 53.4 Å². The molecule has 2 aliphatic rings. The minimum absolute atomic E-state index is 0.0484. The minimum atomic E-state index is -0.0727. The van der Waals surface area contributed by atoms with E-state index < -0.39 is 0 Å². The summed E-state index contributed by atoms with van der Waals surface area (Å²) in [7, 11) is 3.32. The number of nitrogens with zero attached hydrogens (tertiary/aromatic N) is 3. The maximum atomic E-state index is 11.6. The number of ether oxygens (including phenoxy) is 1. The van der Waals surface area contributed by atoms with Crippen molar-refractivity contribution in [3.8, 4) is 0 Å². The molecule has 0 saturated carbocycles. The molecule has 0 radical (unpaired) electrons. The summed E-state index contributed by atoms with van der Waals surface area (Å²) in [5.41, 5.74) is 0. The fourth-order valence-corrected chi connectivity index (χ4v) is 3.79. The number of piperidine rings is 2. The van der Waals surface area contributed by atoms with Crippen molar-refractivity contribution >= 4 is 11.9 Å². The lowest BCUT2D eigenvalue weighted by molar-refractivity contribution is -0.146. The number of rotatable bonds is 5. The van der Waals surface area contributed by atoms with Crippen molar-refractivity contribution in [2.45, 2.75) is 39.0 Å². The van der Waals surface area contributed by atoms with E-state index in [1.807, 2.05) is 7.05 Å². The average molecular weight is 338 g/mol. The topological polar surface area (TPSA) is 57.2 Å². The van der Waals surface area contributed by atoms with Gasteiger partial charge in [-0.05, 0) is 57.7 Å². The normalized spacial score (nSPS) is 21.8. The predicted octanol–water partition coefficient (Wildman–Crippen LogP) is 1.57. The van der Waals surface area contributed by atoms with Crippen LogP contribution in [0.25, 0.3) is 0 Å². The largest absolute Gasteiger partial charge is 0.469 e. The molecule has 0 aromatic heterocycles. The van der Waals surface area contributed by atoms with Crippen molar-refractivity contribution in [1.82, 2.24) is 15.1 Å². The van der Waals surface area contributed by atoms with Gasteiger partial charge < -0.3 is 19.9 Å². The van der Waals surface area contributed by atoms with E-state index in [1.54, 1.807) is 0 Å². The minimum Gasteiger partial charge on any atom is -0.469 e. The van der Waals surface area contributed by atoms with Crippen molar-refractivity contribution in [1.29, 1.82) is 0 Å². The molecule has 0 aromatic carbocycles. The van der Waals surface area contributed by atoms with Crippen LogP contribution in [-0.2, 0) is 9.53 Å². The number of carbonyl (C=O) groups excluding carboxylic acids is 1. The van der Waals surface area contributed by atoms with Crippen molar-refractivity contribution < 1.29 is 9.53 Å². The van der Waals surface area contributed by atoms with Crippen LogP contribution in [0.1, 0.15) is 39.0 Å². The molecule has 2 heterocycles. The molecule has 1 N–H and O–H groups in total. The molecule has 6 heteroatoms. The van der Waals surface area contributed by atoms with Gasteiger partial charge in [-0.2, -0.15) is 0 Å². The van der Waals surface area contributed by atoms with Gasteiger partial charge in [0.1, 0.15) is 0 Å². The number of hydrogen-bond acceptors (Lipinski definition) is 4. The van der Waals surface area contributed by atoms with Gasteiger partial charge in [0.15, 0.2) is 5.96 Å². The van der Waals surface area contributed by atoms with Gasteiger partial charge in [0.05, 0.1) is 13.0 Å². The van der Waals surface area contributed by atoms with Crippen LogP contribution in [0.3, 0.4) is 0 Å². The first kappa shape index (κ1) is 19.0. The summed E-state index contributed by atoms with van der Waals surface area (Å²) < 4.78 is 4.86. The summed E-state index contributed by atoms with van der Waals surface area (Å²) >= 11 is 0. The van der Waals surface area contributed by atoms with E-state index in [2.05, 4.69) is 27.0 Å². The fourth-order valence-electron chi connectivity index (χ4n) is 3.79. The second kappa shape index (κ2) is 9.87. The molecule has 6 nitrogen and oxygen atoms in total. The molecule has 2 fully saturated rings. The summed E-state index contributed by atoms with van der Waals surface area (Å²) in [6, 6.07) is 0.